The van der Waals surface area contributed by atoms with Gasteiger partial charge in [0, 0.05) is 12.0 Å². The molecule has 0 bridgehead atoms. The summed E-state index contributed by atoms with van der Waals surface area (Å²) in [6.07, 6.45) is 2.84. The number of carbonyl (C=O) groups excluding carboxylic acids is 1. The van der Waals surface area contributed by atoms with E-state index in [1.54, 1.807) is 0 Å². The summed E-state index contributed by atoms with van der Waals surface area (Å²) < 4.78 is 5.71. The molecule has 1 aromatic rings. The molecule has 118 valence electrons. The average molecular weight is 292 g/mol. The van der Waals surface area contributed by atoms with Crippen molar-refractivity contribution >= 4 is 11.6 Å². The van der Waals surface area contributed by atoms with Gasteiger partial charge in [0.05, 0.1) is 11.8 Å². The highest BCUT2D eigenvalue weighted by Gasteiger charge is 2.15. The van der Waals surface area contributed by atoms with Gasteiger partial charge in [-0.05, 0) is 45.7 Å². The van der Waals surface area contributed by atoms with Crippen LogP contribution < -0.4 is 15.8 Å². The van der Waals surface area contributed by atoms with Crippen molar-refractivity contribution in [2.45, 2.75) is 59.1 Å². The molecule has 1 amide bonds. The molecule has 0 fully saturated rings. The Balaban J connectivity index is 2.57. The second-order valence-corrected chi connectivity index (χ2v) is 5.96. The van der Waals surface area contributed by atoms with Crippen LogP contribution in [0.2, 0.25) is 0 Å². The van der Waals surface area contributed by atoms with Crippen molar-refractivity contribution in [1.29, 1.82) is 0 Å². The van der Waals surface area contributed by atoms with Gasteiger partial charge < -0.3 is 15.8 Å². The van der Waals surface area contributed by atoms with Crippen LogP contribution in [-0.4, -0.2) is 18.1 Å². The highest BCUT2D eigenvalue weighted by molar-refractivity contribution is 5.93. The molecule has 0 heterocycles. The number of hydrogen-bond donors (Lipinski definition) is 2. The number of nitrogens with one attached hydrogen (secondary N) is 1. The Morgan fingerprint density at radius 1 is 1.19 bits per heavy atom. The fraction of sp³-hybridized carbons (Fsp3) is 0.588. The molecule has 21 heavy (non-hydrogen) atoms. The van der Waals surface area contributed by atoms with E-state index in [0.29, 0.717) is 5.75 Å². The smallest absolute Gasteiger partial charge is 0.227 e. The lowest BCUT2D eigenvalue weighted by Crippen LogP contribution is -2.22. The van der Waals surface area contributed by atoms with Crippen LogP contribution in [0.15, 0.2) is 24.3 Å². The van der Waals surface area contributed by atoms with E-state index in [1.807, 2.05) is 52.0 Å². The van der Waals surface area contributed by atoms with Gasteiger partial charge in [-0.25, -0.2) is 0 Å². The highest BCUT2D eigenvalue weighted by Crippen LogP contribution is 2.25. The van der Waals surface area contributed by atoms with Crippen molar-refractivity contribution in [2.24, 2.45) is 11.7 Å². The summed E-state index contributed by atoms with van der Waals surface area (Å²) in [5.41, 5.74) is 6.46. The van der Waals surface area contributed by atoms with Gasteiger partial charge in [-0.15, -0.1) is 0 Å². The number of rotatable bonds is 8. The third-order valence-corrected chi connectivity index (χ3v) is 3.25. The molecule has 0 aliphatic rings. The summed E-state index contributed by atoms with van der Waals surface area (Å²) in [5, 5.41) is 2.96. The van der Waals surface area contributed by atoms with Gasteiger partial charge in [-0.2, -0.15) is 0 Å². The van der Waals surface area contributed by atoms with Gasteiger partial charge in [0.2, 0.25) is 5.91 Å². The number of hydrogen-bond acceptors (Lipinski definition) is 3. The maximum absolute atomic E-state index is 12.2. The monoisotopic (exact) mass is 292 g/mol. The van der Waals surface area contributed by atoms with Crippen LogP contribution in [0.1, 0.15) is 47.0 Å². The summed E-state index contributed by atoms with van der Waals surface area (Å²) in [6, 6.07) is 7.73. The van der Waals surface area contributed by atoms with Crippen LogP contribution in [0.25, 0.3) is 0 Å². The van der Waals surface area contributed by atoms with E-state index >= 15 is 0 Å². The first-order valence-electron chi connectivity index (χ1n) is 7.72. The first-order valence-corrected chi connectivity index (χ1v) is 7.72. The second-order valence-electron chi connectivity index (χ2n) is 5.96. The van der Waals surface area contributed by atoms with E-state index in [9.17, 15) is 4.79 Å². The van der Waals surface area contributed by atoms with Crippen molar-refractivity contribution in [1.82, 2.24) is 0 Å². The first-order chi connectivity index (χ1) is 9.90. The highest BCUT2D eigenvalue weighted by atomic mass is 16.5. The Labute approximate surface area is 128 Å². The summed E-state index contributed by atoms with van der Waals surface area (Å²) in [5.74, 6) is 0.707. The zero-order valence-corrected chi connectivity index (χ0v) is 13.6. The summed E-state index contributed by atoms with van der Waals surface area (Å²) in [6.45, 7) is 7.87. The Kier molecular flexibility index (Phi) is 7.23. The maximum atomic E-state index is 12.2. The molecule has 4 nitrogen and oxygen atoms in total. The third-order valence-electron chi connectivity index (χ3n) is 3.25. The zero-order chi connectivity index (χ0) is 15.8. The number of nitrogens with two attached hydrogens (primary N) is 1. The number of carbonyl (C=O) groups is 1. The molecule has 2 unspecified atom stereocenters. The van der Waals surface area contributed by atoms with E-state index in [1.165, 1.54) is 0 Å². The van der Waals surface area contributed by atoms with E-state index in [2.05, 4.69) is 5.32 Å². The normalized spacial score (nSPS) is 13.8. The lowest BCUT2D eigenvalue weighted by molar-refractivity contribution is -0.119. The molecule has 0 aliphatic heterocycles. The van der Waals surface area contributed by atoms with Crippen molar-refractivity contribution < 1.29 is 9.53 Å². The SMILES string of the molecule is CC(N)CCCC(C)C(=O)Nc1ccccc1OC(C)C. The molecule has 3 N–H and O–H groups in total. The van der Waals surface area contributed by atoms with Crippen LogP contribution in [0, 0.1) is 5.92 Å². The zero-order valence-electron chi connectivity index (χ0n) is 13.6. The number of anilines is 1. The lowest BCUT2D eigenvalue weighted by atomic mass is 10.0. The van der Waals surface area contributed by atoms with Crippen molar-refractivity contribution in [3.63, 3.8) is 0 Å². The minimum absolute atomic E-state index is 0.0273. The number of amides is 1. The van der Waals surface area contributed by atoms with E-state index in [0.717, 1.165) is 24.9 Å². The standard InChI is InChI=1S/C17H28N2O2/c1-12(2)21-16-11-6-5-10-15(16)19-17(20)13(3)8-7-9-14(4)18/h5-6,10-14H,7-9,18H2,1-4H3,(H,19,20). The molecule has 0 aliphatic carbocycles. The predicted molar refractivity (Wildman–Crippen MR) is 87.5 cm³/mol. The van der Waals surface area contributed by atoms with Crippen LogP contribution >= 0.6 is 0 Å². The van der Waals surface area contributed by atoms with Crippen LogP contribution in [0.5, 0.6) is 5.75 Å². The largest absolute Gasteiger partial charge is 0.489 e. The minimum Gasteiger partial charge on any atom is -0.489 e. The van der Waals surface area contributed by atoms with E-state index in [4.69, 9.17) is 10.5 Å². The average Bonchev–Trinajstić information content (AvgIpc) is 2.39. The Morgan fingerprint density at radius 3 is 2.48 bits per heavy atom. The van der Waals surface area contributed by atoms with Gasteiger partial charge in [0.25, 0.3) is 0 Å². The van der Waals surface area contributed by atoms with Crippen molar-refractivity contribution in [3.8, 4) is 5.75 Å². The van der Waals surface area contributed by atoms with Crippen LogP contribution in [-0.2, 0) is 4.79 Å². The Morgan fingerprint density at radius 2 is 1.86 bits per heavy atom. The molecule has 4 heteroatoms. The fourth-order valence-corrected chi connectivity index (χ4v) is 2.06. The maximum Gasteiger partial charge on any atom is 0.227 e. The lowest BCUT2D eigenvalue weighted by Gasteiger charge is -2.17. The van der Waals surface area contributed by atoms with Gasteiger partial charge in [-0.3, -0.25) is 4.79 Å². The van der Waals surface area contributed by atoms with Crippen molar-refractivity contribution in [3.05, 3.63) is 24.3 Å². The molecule has 0 aromatic heterocycles. The number of para-hydroxylation sites is 2. The van der Waals surface area contributed by atoms with Gasteiger partial charge in [0.15, 0.2) is 0 Å². The predicted octanol–water partition coefficient (Wildman–Crippen LogP) is 3.57. The van der Waals surface area contributed by atoms with E-state index < -0.39 is 0 Å². The molecular weight excluding hydrogens is 264 g/mol. The molecule has 0 spiro atoms. The second kappa shape index (κ2) is 8.67. The van der Waals surface area contributed by atoms with Gasteiger partial charge in [0.1, 0.15) is 5.75 Å². The minimum atomic E-state index is -0.0316. The molecule has 0 saturated heterocycles. The Bertz CT molecular complexity index is 444. The van der Waals surface area contributed by atoms with E-state index in [-0.39, 0.29) is 24.0 Å². The summed E-state index contributed by atoms with van der Waals surface area (Å²) in [7, 11) is 0. The van der Waals surface area contributed by atoms with Crippen LogP contribution in [0.3, 0.4) is 0 Å². The van der Waals surface area contributed by atoms with Gasteiger partial charge in [-0.1, -0.05) is 25.5 Å². The quantitative estimate of drug-likeness (QED) is 0.770. The summed E-state index contributed by atoms with van der Waals surface area (Å²) in [4.78, 5) is 12.2. The molecule has 0 radical (unpaired) electrons. The number of benzene rings is 1. The topological polar surface area (TPSA) is 64.4 Å². The molecule has 1 aromatic carbocycles. The Hall–Kier alpha value is -1.55. The number of ether oxygens (including phenoxy) is 1. The fourth-order valence-electron chi connectivity index (χ4n) is 2.06. The van der Waals surface area contributed by atoms with Crippen molar-refractivity contribution in [2.75, 3.05) is 5.32 Å². The molecule has 0 saturated carbocycles. The molecule has 2 atom stereocenters. The molecule has 1 rings (SSSR count). The van der Waals surface area contributed by atoms with Gasteiger partial charge >= 0.3 is 0 Å². The first kappa shape index (κ1) is 17.5. The molecular formula is C17H28N2O2. The summed E-state index contributed by atoms with van der Waals surface area (Å²) >= 11 is 0. The van der Waals surface area contributed by atoms with Crippen LogP contribution in [0.4, 0.5) is 5.69 Å². The third kappa shape index (κ3) is 6.63.